The molecule has 1 heterocycles. The lowest BCUT2D eigenvalue weighted by molar-refractivity contribution is -0.148. The largest absolute Gasteiger partial charge is 0.480 e. The lowest BCUT2D eigenvalue weighted by Crippen LogP contribution is -2.42. The SMILES string of the molecule is COC1CC(C(=O)O)N(C(=O)CCNC(=O)OCC2c3ccccc3-c3ccccc32)C1. The quantitative estimate of drug-likeness (QED) is 0.689. The Hall–Kier alpha value is -3.39. The zero-order valence-corrected chi connectivity index (χ0v) is 17.8. The molecule has 2 unspecified atom stereocenters. The lowest BCUT2D eigenvalue weighted by atomic mass is 9.98. The number of aliphatic carboxylic acids is 1. The molecule has 0 spiro atoms. The molecule has 0 saturated carbocycles. The molecule has 0 aromatic heterocycles. The van der Waals surface area contributed by atoms with E-state index in [4.69, 9.17) is 9.47 Å². The fourth-order valence-electron chi connectivity index (χ4n) is 4.54. The zero-order chi connectivity index (χ0) is 22.7. The lowest BCUT2D eigenvalue weighted by Gasteiger charge is -2.21. The van der Waals surface area contributed by atoms with E-state index in [1.165, 1.54) is 12.0 Å². The number of carboxylic acids is 1. The second kappa shape index (κ2) is 9.40. The molecule has 2 amide bonds. The maximum absolute atomic E-state index is 12.5. The average Bonchev–Trinajstić information content (AvgIpc) is 3.38. The number of hydrogen-bond donors (Lipinski definition) is 2. The van der Waals surface area contributed by atoms with E-state index in [0.29, 0.717) is 0 Å². The number of alkyl carbamates (subject to hydrolysis) is 1. The fraction of sp³-hybridized carbons (Fsp3) is 0.375. The van der Waals surface area contributed by atoms with Crippen LogP contribution in [0.15, 0.2) is 48.5 Å². The Morgan fingerprint density at radius 2 is 1.69 bits per heavy atom. The smallest absolute Gasteiger partial charge is 0.407 e. The van der Waals surface area contributed by atoms with E-state index in [9.17, 15) is 19.5 Å². The number of nitrogens with zero attached hydrogens (tertiary/aromatic N) is 1. The summed E-state index contributed by atoms with van der Waals surface area (Å²) in [6, 6.07) is 15.2. The van der Waals surface area contributed by atoms with Gasteiger partial charge in [-0.3, -0.25) is 4.79 Å². The highest BCUT2D eigenvalue weighted by Crippen LogP contribution is 2.44. The van der Waals surface area contributed by atoms with Gasteiger partial charge >= 0.3 is 12.1 Å². The van der Waals surface area contributed by atoms with Crippen molar-refractivity contribution in [2.45, 2.75) is 30.9 Å². The number of fused-ring (bicyclic) bond motifs is 3. The number of carbonyl (C=O) groups excluding carboxylic acids is 2. The summed E-state index contributed by atoms with van der Waals surface area (Å²) in [7, 11) is 1.50. The van der Waals surface area contributed by atoms with Crippen LogP contribution in [0.4, 0.5) is 4.79 Å². The van der Waals surface area contributed by atoms with E-state index in [0.717, 1.165) is 22.3 Å². The molecular formula is C24H26N2O6. The maximum atomic E-state index is 12.5. The van der Waals surface area contributed by atoms with Crippen molar-refractivity contribution in [3.05, 3.63) is 59.7 Å². The van der Waals surface area contributed by atoms with Crippen LogP contribution in [0.5, 0.6) is 0 Å². The van der Waals surface area contributed by atoms with Gasteiger partial charge in [0.05, 0.1) is 6.10 Å². The average molecular weight is 438 g/mol. The first kappa shape index (κ1) is 21.8. The second-order valence-corrected chi connectivity index (χ2v) is 8.00. The molecule has 1 fully saturated rings. The van der Waals surface area contributed by atoms with E-state index < -0.39 is 18.1 Å². The van der Waals surface area contributed by atoms with Crippen LogP contribution < -0.4 is 5.32 Å². The fourth-order valence-corrected chi connectivity index (χ4v) is 4.54. The summed E-state index contributed by atoms with van der Waals surface area (Å²) in [5.41, 5.74) is 4.54. The van der Waals surface area contributed by atoms with Crippen molar-refractivity contribution < 1.29 is 29.0 Å². The molecule has 2 aromatic rings. The molecule has 1 aliphatic heterocycles. The Bertz CT molecular complexity index is 978. The van der Waals surface area contributed by atoms with Crippen molar-refractivity contribution in [3.8, 4) is 11.1 Å². The summed E-state index contributed by atoms with van der Waals surface area (Å²) >= 11 is 0. The van der Waals surface area contributed by atoms with Crippen molar-refractivity contribution in [1.82, 2.24) is 10.2 Å². The third kappa shape index (κ3) is 4.31. The number of benzene rings is 2. The predicted octanol–water partition coefficient (Wildman–Crippen LogP) is 2.62. The first-order valence-electron chi connectivity index (χ1n) is 10.6. The van der Waals surface area contributed by atoms with Gasteiger partial charge in [-0.1, -0.05) is 48.5 Å². The summed E-state index contributed by atoms with van der Waals surface area (Å²) in [6.07, 6.45) is -0.650. The zero-order valence-electron chi connectivity index (χ0n) is 17.8. The van der Waals surface area contributed by atoms with E-state index in [2.05, 4.69) is 17.4 Å². The molecule has 168 valence electrons. The summed E-state index contributed by atoms with van der Waals surface area (Å²) in [5, 5.41) is 11.9. The van der Waals surface area contributed by atoms with Crippen molar-refractivity contribution in [2.75, 3.05) is 26.8 Å². The topological polar surface area (TPSA) is 105 Å². The van der Waals surface area contributed by atoms with Gasteiger partial charge in [-0.2, -0.15) is 0 Å². The van der Waals surface area contributed by atoms with Gasteiger partial charge in [-0.05, 0) is 22.3 Å². The molecule has 4 rings (SSSR count). The van der Waals surface area contributed by atoms with E-state index in [1.807, 2.05) is 36.4 Å². The van der Waals surface area contributed by atoms with Crippen LogP contribution in [-0.4, -0.2) is 66.9 Å². The van der Waals surface area contributed by atoms with Gasteiger partial charge in [-0.15, -0.1) is 0 Å². The van der Waals surface area contributed by atoms with E-state index in [1.54, 1.807) is 0 Å². The van der Waals surface area contributed by atoms with Gasteiger partial charge < -0.3 is 24.8 Å². The normalized spacial score (nSPS) is 19.3. The van der Waals surface area contributed by atoms with Crippen LogP contribution in [0.3, 0.4) is 0 Å². The first-order valence-corrected chi connectivity index (χ1v) is 10.6. The predicted molar refractivity (Wildman–Crippen MR) is 116 cm³/mol. The van der Waals surface area contributed by atoms with Crippen LogP contribution in [0.25, 0.3) is 11.1 Å². The van der Waals surface area contributed by atoms with Gasteiger partial charge in [0.2, 0.25) is 5.91 Å². The van der Waals surface area contributed by atoms with Crippen LogP contribution in [0.2, 0.25) is 0 Å². The van der Waals surface area contributed by atoms with Gasteiger partial charge in [0.25, 0.3) is 0 Å². The number of amides is 2. The maximum Gasteiger partial charge on any atom is 0.407 e. The molecule has 2 aromatic carbocycles. The van der Waals surface area contributed by atoms with Gasteiger partial charge in [0.1, 0.15) is 12.6 Å². The van der Waals surface area contributed by atoms with Crippen LogP contribution in [0.1, 0.15) is 29.9 Å². The molecular weight excluding hydrogens is 412 g/mol. The summed E-state index contributed by atoms with van der Waals surface area (Å²) in [5.74, 6) is -1.43. The van der Waals surface area contributed by atoms with Crippen LogP contribution in [-0.2, 0) is 19.1 Å². The van der Waals surface area contributed by atoms with Gasteiger partial charge in [-0.25, -0.2) is 9.59 Å². The third-order valence-corrected chi connectivity index (χ3v) is 6.15. The summed E-state index contributed by atoms with van der Waals surface area (Å²) in [4.78, 5) is 37.4. The molecule has 0 radical (unpaired) electrons. The van der Waals surface area contributed by atoms with Gasteiger partial charge in [0, 0.05) is 39.0 Å². The summed E-state index contributed by atoms with van der Waals surface area (Å²) in [6.45, 7) is 0.490. The molecule has 2 N–H and O–H groups in total. The molecule has 8 nitrogen and oxygen atoms in total. The number of ether oxygens (including phenoxy) is 2. The monoisotopic (exact) mass is 438 g/mol. The van der Waals surface area contributed by atoms with Gasteiger partial charge in [0.15, 0.2) is 0 Å². The second-order valence-electron chi connectivity index (χ2n) is 8.00. The number of likely N-dealkylation sites (tertiary alicyclic amines) is 1. The minimum atomic E-state index is -1.05. The summed E-state index contributed by atoms with van der Waals surface area (Å²) < 4.78 is 10.7. The van der Waals surface area contributed by atoms with Crippen molar-refractivity contribution in [2.24, 2.45) is 0 Å². The standard InChI is InChI=1S/C24H26N2O6/c1-31-15-12-21(23(28)29)26(13-15)22(27)10-11-25-24(30)32-14-20-18-8-4-2-6-16(18)17-7-3-5-9-19(17)20/h2-9,15,20-21H,10-14H2,1H3,(H,25,30)(H,28,29). The first-order chi connectivity index (χ1) is 15.5. The molecule has 1 saturated heterocycles. The number of rotatable bonds is 7. The molecule has 32 heavy (non-hydrogen) atoms. The van der Waals surface area contributed by atoms with E-state index >= 15 is 0 Å². The highest BCUT2D eigenvalue weighted by molar-refractivity contribution is 5.85. The number of nitrogens with one attached hydrogen (secondary N) is 1. The molecule has 1 aliphatic carbocycles. The number of carbonyl (C=O) groups is 3. The number of hydrogen-bond acceptors (Lipinski definition) is 5. The highest BCUT2D eigenvalue weighted by Gasteiger charge is 2.39. The number of carboxylic acid groups (broad SMARTS) is 1. The number of methoxy groups -OCH3 is 1. The highest BCUT2D eigenvalue weighted by atomic mass is 16.5. The Morgan fingerprint density at radius 3 is 2.28 bits per heavy atom. The van der Waals surface area contributed by atoms with Crippen LogP contribution in [0, 0.1) is 0 Å². The Labute approximate surface area is 186 Å². The molecule has 8 heteroatoms. The molecule has 0 bridgehead atoms. The minimum Gasteiger partial charge on any atom is -0.480 e. The minimum absolute atomic E-state index is 0.00951. The van der Waals surface area contributed by atoms with Crippen molar-refractivity contribution >= 4 is 18.0 Å². The molecule has 2 aliphatic rings. The Balaban J connectivity index is 1.28. The Morgan fingerprint density at radius 1 is 1.06 bits per heavy atom. The third-order valence-electron chi connectivity index (χ3n) is 6.15. The van der Waals surface area contributed by atoms with Crippen LogP contribution >= 0.6 is 0 Å². The van der Waals surface area contributed by atoms with Crippen molar-refractivity contribution in [1.29, 1.82) is 0 Å². The van der Waals surface area contributed by atoms with Crippen molar-refractivity contribution in [3.63, 3.8) is 0 Å². The Kier molecular flexibility index (Phi) is 6.41. The molecule has 2 atom stereocenters. The van der Waals surface area contributed by atoms with E-state index in [-0.39, 0.29) is 50.5 Å².